The highest BCUT2D eigenvalue weighted by atomic mass is 14.9. The molecule has 1 heteroatoms. The van der Waals surface area contributed by atoms with Crippen LogP contribution in [0.2, 0.25) is 0 Å². The molecule has 20 heavy (non-hydrogen) atoms. The van der Waals surface area contributed by atoms with E-state index in [0.717, 1.165) is 18.4 Å². The van der Waals surface area contributed by atoms with Crippen molar-refractivity contribution in [2.45, 2.75) is 73.3 Å². The van der Waals surface area contributed by atoms with Crippen LogP contribution in [0.25, 0.3) is 0 Å². The molecular formula is C19H35N. The van der Waals surface area contributed by atoms with Crippen molar-refractivity contribution in [2.75, 3.05) is 6.54 Å². The molecule has 1 nitrogen and oxygen atoms in total. The molecule has 0 amide bonds. The second-order valence-corrected chi connectivity index (χ2v) is 7.88. The van der Waals surface area contributed by atoms with Crippen molar-refractivity contribution in [1.29, 1.82) is 0 Å². The maximum atomic E-state index is 4.13. The highest BCUT2D eigenvalue weighted by molar-refractivity contribution is 5.33. The summed E-state index contributed by atoms with van der Waals surface area (Å²) in [5.41, 5.74) is 3.43. The van der Waals surface area contributed by atoms with E-state index in [0.29, 0.717) is 5.41 Å². The molecule has 0 heterocycles. The van der Waals surface area contributed by atoms with Crippen LogP contribution in [0.3, 0.4) is 0 Å². The minimum Gasteiger partial charge on any atom is -0.312 e. The van der Waals surface area contributed by atoms with Crippen LogP contribution in [0.15, 0.2) is 23.8 Å². The lowest BCUT2D eigenvalue weighted by Crippen LogP contribution is -2.40. The van der Waals surface area contributed by atoms with E-state index in [2.05, 4.69) is 66.4 Å². The quantitative estimate of drug-likeness (QED) is 0.591. The van der Waals surface area contributed by atoms with Crippen molar-refractivity contribution in [1.82, 2.24) is 5.32 Å². The number of hydrogen-bond donors (Lipinski definition) is 1. The molecule has 0 radical (unpaired) electrons. The van der Waals surface area contributed by atoms with E-state index in [1.54, 1.807) is 0 Å². The normalized spacial score (nSPS) is 23.9. The van der Waals surface area contributed by atoms with Crippen LogP contribution >= 0.6 is 0 Å². The number of allylic oxidation sites excluding steroid dienone is 3. The molecule has 0 aromatic carbocycles. The Morgan fingerprint density at radius 3 is 2.35 bits per heavy atom. The predicted octanol–water partition coefficient (Wildman–Crippen LogP) is 5.34. The zero-order valence-electron chi connectivity index (χ0n) is 14.8. The molecule has 0 aromatic heterocycles. The lowest BCUT2D eigenvalue weighted by Gasteiger charge is -2.30. The third kappa shape index (κ3) is 4.48. The molecular weight excluding hydrogens is 242 g/mol. The minimum atomic E-state index is 0.269. The Bertz CT molecular complexity index is 373. The summed E-state index contributed by atoms with van der Waals surface area (Å²) in [6.45, 7) is 21.2. The molecule has 0 spiro atoms. The SMILES string of the molecule is C=C(C)/C(=C/C)C1CC1C(C)(C)CCNC(C)(C)CC. The molecule has 2 unspecified atom stereocenters. The molecule has 0 bridgehead atoms. The lowest BCUT2D eigenvalue weighted by atomic mass is 9.81. The van der Waals surface area contributed by atoms with Gasteiger partial charge in [0.05, 0.1) is 0 Å². The van der Waals surface area contributed by atoms with Crippen molar-refractivity contribution in [3.8, 4) is 0 Å². The number of hydrogen-bond acceptors (Lipinski definition) is 1. The Morgan fingerprint density at radius 1 is 1.30 bits per heavy atom. The van der Waals surface area contributed by atoms with E-state index < -0.39 is 0 Å². The van der Waals surface area contributed by atoms with Crippen molar-refractivity contribution in [3.63, 3.8) is 0 Å². The van der Waals surface area contributed by atoms with Gasteiger partial charge in [0.2, 0.25) is 0 Å². The highest BCUT2D eigenvalue weighted by Crippen LogP contribution is 2.56. The van der Waals surface area contributed by atoms with Crippen molar-refractivity contribution >= 4 is 0 Å². The maximum Gasteiger partial charge on any atom is 0.0122 e. The first-order chi connectivity index (χ1) is 9.14. The summed E-state index contributed by atoms with van der Waals surface area (Å²) in [5.74, 6) is 1.59. The zero-order valence-corrected chi connectivity index (χ0v) is 14.8. The minimum absolute atomic E-state index is 0.269. The van der Waals surface area contributed by atoms with E-state index in [4.69, 9.17) is 0 Å². The van der Waals surface area contributed by atoms with Crippen molar-refractivity contribution in [2.24, 2.45) is 17.3 Å². The van der Waals surface area contributed by atoms with Crippen LogP contribution in [0.4, 0.5) is 0 Å². The average molecular weight is 277 g/mol. The van der Waals surface area contributed by atoms with Gasteiger partial charge in [-0.1, -0.05) is 39.0 Å². The topological polar surface area (TPSA) is 12.0 Å². The third-order valence-corrected chi connectivity index (χ3v) is 5.25. The van der Waals surface area contributed by atoms with Gasteiger partial charge < -0.3 is 5.32 Å². The fraction of sp³-hybridized carbons (Fsp3) is 0.789. The fourth-order valence-corrected chi connectivity index (χ4v) is 3.21. The summed E-state index contributed by atoms with van der Waals surface area (Å²) in [6, 6.07) is 0. The molecule has 0 saturated heterocycles. The molecule has 116 valence electrons. The summed E-state index contributed by atoms with van der Waals surface area (Å²) < 4.78 is 0. The Kier molecular flexibility index (Phi) is 5.66. The molecule has 1 rings (SSSR count). The van der Waals surface area contributed by atoms with Gasteiger partial charge in [-0.3, -0.25) is 0 Å². The molecule has 1 fully saturated rings. The summed E-state index contributed by atoms with van der Waals surface area (Å²) in [4.78, 5) is 0. The maximum absolute atomic E-state index is 4.13. The van der Waals surface area contributed by atoms with Gasteiger partial charge in [0.25, 0.3) is 0 Å². The molecule has 1 saturated carbocycles. The standard InChI is InChI=1S/C19H35N/c1-9-15(14(3)4)16-13-17(16)18(5,6)11-12-20-19(7,8)10-2/h9,16-17,20H,3,10-13H2,1-2,4-8H3/b15-9-. The molecule has 0 aliphatic heterocycles. The smallest absolute Gasteiger partial charge is 0.0122 e. The van der Waals surface area contributed by atoms with E-state index in [1.807, 2.05) is 0 Å². The molecule has 0 aromatic rings. The Hall–Kier alpha value is -0.560. The summed E-state index contributed by atoms with van der Waals surface area (Å²) in [7, 11) is 0. The van der Waals surface area contributed by atoms with Crippen LogP contribution in [-0.4, -0.2) is 12.1 Å². The lowest BCUT2D eigenvalue weighted by molar-refractivity contribution is 0.251. The first kappa shape index (κ1) is 17.5. The Morgan fingerprint density at radius 2 is 1.90 bits per heavy atom. The van der Waals surface area contributed by atoms with Gasteiger partial charge in [-0.25, -0.2) is 0 Å². The summed E-state index contributed by atoms with van der Waals surface area (Å²) in [6.07, 6.45) is 6.04. The highest BCUT2D eigenvalue weighted by Gasteiger charge is 2.48. The second-order valence-electron chi connectivity index (χ2n) is 7.88. The van der Waals surface area contributed by atoms with Gasteiger partial charge in [0.15, 0.2) is 0 Å². The fourth-order valence-electron chi connectivity index (χ4n) is 3.21. The molecule has 1 aliphatic rings. The molecule has 2 atom stereocenters. The van der Waals surface area contributed by atoms with E-state index in [9.17, 15) is 0 Å². The Labute approximate surface area is 126 Å². The number of nitrogens with one attached hydrogen (secondary N) is 1. The first-order valence-electron chi connectivity index (χ1n) is 8.21. The van der Waals surface area contributed by atoms with Crippen molar-refractivity contribution in [3.05, 3.63) is 23.8 Å². The van der Waals surface area contributed by atoms with Gasteiger partial charge in [-0.15, -0.1) is 0 Å². The zero-order chi connectivity index (χ0) is 15.6. The van der Waals surface area contributed by atoms with Gasteiger partial charge in [-0.2, -0.15) is 0 Å². The first-order valence-corrected chi connectivity index (χ1v) is 8.21. The van der Waals surface area contributed by atoms with E-state index in [1.165, 1.54) is 30.4 Å². The van der Waals surface area contributed by atoms with E-state index in [-0.39, 0.29) is 5.54 Å². The Balaban J connectivity index is 2.50. The monoisotopic (exact) mass is 277 g/mol. The van der Waals surface area contributed by atoms with Crippen LogP contribution < -0.4 is 5.32 Å². The van der Waals surface area contributed by atoms with Crippen molar-refractivity contribution < 1.29 is 0 Å². The second kappa shape index (κ2) is 6.47. The third-order valence-electron chi connectivity index (χ3n) is 5.25. The van der Waals surface area contributed by atoms with E-state index >= 15 is 0 Å². The largest absolute Gasteiger partial charge is 0.312 e. The van der Waals surface area contributed by atoms with Gasteiger partial charge in [0, 0.05) is 5.54 Å². The molecule has 1 N–H and O–H groups in total. The van der Waals surface area contributed by atoms with Gasteiger partial charge >= 0.3 is 0 Å². The molecule has 1 aliphatic carbocycles. The van der Waals surface area contributed by atoms with Gasteiger partial charge in [0.1, 0.15) is 0 Å². The van der Waals surface area contributed by atoms with Crippen LogP contribution in [0, 0.1) is 17.3 Å². The van der Waals surface area contributed by atoms with Crippen LogP contribution in [0.5, 0.6) is 0 Å². The average Bonchev–Trinajstić information content (AvgIpc) is 3.10. The summed E-state index contributed by atoms with van der Waals surface area (Å²) in [5, 5.41) is 3.70. The summed E-state index contributed by atoms with van der Waals surface area (Å²) >= 11 is 0. The van der Waals surface area contributed by atoms with Crippen LogP contribution in [-0.2, 0) is 0 Å². The predicted molar refractivity (Wildman–Crippen MR) is 90.9 cm³/mol. The van der Waals surface area contributed by atoms with Crippen LogP contribution in [0.1, 0.15) is 67.7 Å². The number of rotatable bonds is 8. The van der Waals surface area contributed by atoms with Gasteiger partial charge in [-0.05, 0) is 76.3 Å².